The van der Waals surface area contributed by atoms with Gasteiger partial charge in [-0.25, -0.2) is 4.79 Å². The summed E-state index contributed by atoms with van der Waals surface area (Å²) in [5, 5.41) is 0. The van der Waals surface area contributed by atoms with E-state index in [1.54, 1.807) is 0 Å². The molecule has 0 unspecified atom stereocenters. The number of hydrogen-bond donors (Lipinski definition) is 0. The van der Waals surface area contributed by atoms with Crippen LogP contribution in [-0.4, -0.2) is 5.97 Å². The molecular formula is C27H36O2. The molecule has 0 saturated heterocycles. The molecule has 0 amide bonds. The van der Waals surface area contributed by atoms with Gasteiger partial charge in [0.1, 0.15) is 5.75 Å². The van der Waals surface area contributed by atoms with E-state index in [2.05, 4.69) is 26.0 Å². The molecule has 1 fully saturated rings. The Hall–Kier alpha value is -2.09. The molecule has 0 radical (unpaired) electrons. The van der Waals surface area contributed by atoms with Crippen LogP contribution in [0.15, 0.2) is 48.5 Å². The van der Waals surface area contributed by atoms with Gasteiger partial charge in [-0.2, -0.15) is 0 Å². The first kappa shape index (κ1) is 21.6. The monoisotopic (exact) mass is 392 g/mol. The van der Waals surface area contributed by atoms with Crippen LogP contribution in [0.3, 0.4) is 0 Å². The van der Waals surface area contributed by atoms with Gasteiger partial charge < -0.3 is 4.74 Å². The fraction of sp³-hybridized carbons (Fsp3) is 0.519. The normalized spacial score (nSPS) is 19.1. The lowest BCUT2D eigenvalue weighted by Gasteiger charge is -2.29. The maximum absolute atomic E-state index is 12.4. The summed E-state index contributed by atoms with van der Waals surface area (Å²) >= 11 is 0. The van der Waals surface area contributed by atoms with Crippen molar-refractivity contribution < 1.29 is 9.53 Å². The van der Waals surface area contributed by atoms with Crippen LogP contribution < -0.4 is 4.74 Å². The van der Waals surface area contributed by atoms with Gasteiger partial charge in [-0.15, -0.1) is 0 Å². The Morgan fingerprint density at radius 3 is 2.17 bits per heavy atom. The van der Waals surface area contributed by atoms with Crippen molar-refractivity contribution in [1.29, 1.82) is 0 Å². The lowest BCUT2D eigenvalue weighted by atomic mass is 9.77. The number of esters is 1. The average Bonchev–Trinajstić information content (AvgIpc) is 2.78. The molecule has 0 N–H and O–H groups in total. The second kappa shape index (κ2) is 11.2. The van der Waals surface area contributed by atoms with Crippen molar-refractivity contribution >= 4 is 5.97 Å². The third-order valence-electron chi connectivity index (χ3n) is 6.47. The average molecular weight is 393 g/mol. The van der Waals surface area contributed by atoms with Crippen molar-refractivity contribution in [1.82, 2.24) is 0 Å². The lowest BCUT2D eigenvalue weighted by Crippen LogP contribution is -2.14. The van der Waals surface area contributed by atoms with Crippen LogP contribution in [-0.2, 0) is 6.42 Å². The van der Waals surface area contributed by atoms with Gasteiger partial charge in [0.25, 0.3) is 0 Å². The highest BCUT2D eigenvalue weighted by Crippen LogP contribution is 2.37. The van der Waals surface area contributed by atoms with Crippen molar-refractivity contribution in [2.24, 2.45) is 5.92 Å². The topological polar surface area (TPSA) is 26.3 Å². The SMILES string of the molecule is CCCCCCC1CCC(c2ccc(C(=O)Oc3ccc(CC)cc3)cc2)CC1. The molecule has 0 spiro atoms. The standard InChI is InChI=1S/C27H36O2/c1-3-5-6-7-8-22-9-13-23(14-10-22)24-15-17-25(18-16-24)27(28)29-26-19-11-21(4-2)12-20-26/h11-12,15-20,22-23H,3-10,13-14H2,1-2H3. The maximum atomic E-state index is 12.4. The molecule has 1 saturated carbocycles. The van der Waals surface area contributed by atoms with Gasteiger partial charge in [0, 0.05) is 0 Å². The molecule has 0 bridgehead atoms. The van der Waals surface area contributed by atoms with Crippen LogP contribution in [0.2, 0.25) is 0 Å². The van der Waals surface area contributed by atoms with Crippen LogP contribution in [0.1, 0.15) is 99.0 Å². The first-order valence-electron chi connectivity index (χ1n) is 11.6. The lowest BCUT2D eigenvalue weighted by molar-refractivity contribution is 0.0734. The first-order valence-corrected chi connectivity index (χ1v) is 11.6. The molecule has 0 atom stereocenters. The highest BCUT2D eigenvalue weighted by molar-refractivity contribution is 5.91. The quantitative estimate of drug-likeness (QED) is 0.248. The summed E-state index contributed by atoms with van der Waals surface area (Å²) in [7, 11) is 0. The molecule has 0 aliphatic heterocycles. The molecule has 3 rings (SSSR count). The number of rotatable bonds is 9. The van der Waals surface area contributed by atoms with Crippen molar-refractivity contribution in [3.8, 4) is 5.75 Å². The van der Waals surface area contributed by atoms with Crippen LogP contribution in [0.4, 0.5) is 0 Å². The Balaban J connectivity index is 1.48. The van der Waals surface area contributed by atoms with Crippen LogP contribution >= 0.6 is 0 Å². The van der Waals surface area contributed by atoms with E-state index in [4.69, 9.17) is 4.74 Å². The highest BCUT2D eigenvalue weighted by atomic mass is 16.5. The molecular weight excluding hydrogens is 356 g/mol. The third kappa shape index (κ3) is 6.45. The molecule has 2 heteroatoms. The van der Waals surface area contributed by atoms with E-state index in [1.807, 2.05) is 36.4 Å². The Morgan fingerprint density at radius 2 is 1.55 bits per heavy atom. The first-order chi connectivity index (χ1) is 14.2. The molecule has 2 aromatic carbocycles. The summed E-state index contributed by atoms with van der Waals surface area (Å²) in [6.07, 6.45) is 13.2. The van der Waals surface area contributed by atoms with Crippen molar-refractivity contribution in [3.05, 3.63) is 65.2 Å². The van der Waals surface area contributed by atoms with Gasteiger partial charge in [-0.3, -0.25) is 0 Å². The minimum atomic E-state index is -0.281. The summed E-state index contributed by atoms with van der Waals surface area (Å²) in [4.78, 5) is 12.4. The predicted octanol–water partition coefficient (Wildman–Crippen LogP) is 7.71. The minimum Gasteiger partial charge on any atom is -0.423 e. The fourth-order valence-corrected chi connectivity index (χ4v) is 4.49. The molecule has 29 heavy (non-hydrogen) atoms. The van der Waals surface area contributed by atoms with Crippen LogP contribution in [0, 0.1) is 5.92 Å². The van der Waals surface area contributed by atoms with E-state index in [-0.39, 0.29) is 5.97 Å². The van der Waals surface area contributed by atoms with Gasteiger partial charge in [0.05, 0.1) is 5.56 Å². The van der Waals surface area contributed by atoms with Crippen molar-refractivity contribution in [2.75, 3.05) is 0 Å². The number of carbonyl (C=O) groups is 1. The third-order valence-corrected chi connectivity index (χ3v) is 6.47. The Kier molecular flexibility index (Phi) is 8.34. The number of ether oxygens (including phenoxy) is 1. The summed E-state index contributed by atoms with van der Waals surface area (Å²) in [6.45, 7) is 4.39. The number of unbranched alkanes of at least 4 members (excludes halogenated alkanes) is 3. The second-order valence-corrected chi connectivity index (χ2v) is 8.58. The van der Waals surface area contributed by atoms with E-state index in [0.717, 1.165) is 12.3 Å². The Labute approximate surface area is 176 Å². The van der Waals surface area contributed by atoms with Crippen molar-refractivity contribution in [2.45, 2.75) is 84.0 Å². The largest absolute Gasteiger partial charge is 0.423 e. The summed E-state index contributed by atoms with van der Waals surface area (Å²) in [5.41, 5.74) is 3.24. The van der Waals surface area contributed by atoms with Crippen LogP contribution in [0.25, 0.3) is 0 Å². The molecule has 156 valence electrons. The van der Waals surface area contributed by atoms with Gasteiger partial charge >= 0.3 is 5.97 Å². The van der Waals surface area contributed by atoms with E-state index in [0.29, 0.717) is 17.2 Å². The van der Waals surface area contributed by atoms with E-state index in [9.17, 15) is 4.79 Å². The van der Waals surface area contributed by atoms with Gasteiger partial charge in [-0.1, -0.05) is 70.2 Å². The molecule has 1 aliphatic rings. The van der Waals surface area contributed by atoms with E-state index >= 15 is 0 Å². The number of aryl methyl sites for hydroxylation is 1. The maximum Gasteiger partial charge on any atom is 0.343 e. The molecule has 0 heterocycles. The predicted molar refractivity (Wildman–Crippen MR) is 121 cm³/mol. The fourth-order valence-electron chi connectivity index (χ4n) is 4.49. The highest BCUT2D eigenvalue weighted by Gasteiger charge is 2.22. The van der Waals surface area contributed by atoms with Gasteiger partial charge in [-0.05, 0) is 79.3 Å². The van der Waals surface area contributed by atoms with Gasteiger partial charge in [0.2, 0.25) is 0 Å². The Bertz CT molecular complexity index is 737. The summed E-state index contributed by atoms with van der Waals surface area (Å²) < 4.78 is 5.52. The smallest absolute Gasteiger partial charge is 0.343 e. The zero-order valence-electron chi connectivity index (χ0n) is 18.2. The molecule has 0 aromatic heterocycles. The number of hydrogen-bond acceptors (Lipinski definition) is 2. The molecule has 2 nitrogen and oxygen atoms in total. The Morgan fingerprint density at radius 1 is 0.862 bits per heavy atom. The second-order valence-electron chi connectivity index (χ2n) is 8.58. The van der Waals surface area contributed by atoms with Gasteiger partial charge in [0.15, 0.2) is 0 Å². The van der Waals surface area contributed by atoms with Crippen molar-refractivity contribution in [3.63, 3.8) is 0 Å². The number of benzene rings is 2. The summed E-state index contributed by atoms with van der Waals surface area (Å²) in [6, 6.07) is 15.9. The zero-order chi connectivity index (χ0) is 20.5. The number of carbonyl (C=O) groups excluding carboxylic acids is 1. The van der Waals surface area contributed by atoms with Crippen LogP contribution in [0.5, 0.6) is 5.75 Å². The minimum absolute atomic E-state index is 0.281. The van der Waals surface area contributed by atoms with E-state index in [1.165, 1.54) is 68.9 Å². The molecule has 2 aromatic rings. The molecule has 1 aliphatic carbocycles. The van der Waals surface area contributed by atoms with E-state index < -0.39 is 0 Å². The summed E-state index contributed by atoms with van der Waals surface area (Å²) in [5.74, 6) is 1.90. The zero-order valence-corrected chi connectivity index (χ0v) is 18.2.